The van der Waals surface area contributed by atoms with E-state index in [0.29, 0.717) is 0 Å². The van der Waals surface area contributed by atoms with Crippen molar-refractivity contribution in [1.29, 1.82) is 0 Å². The van der Waals surface area contributed by atoms with Crippen LogP contribution in [0, 0.1) is 0 Å². The van der Waals surface area contributed by atoms with E-state index in [1.165, 1.54) is 21.0 Å². The van der Waals surface area contributed by atoms with E-state index >= 15 is 4.39 Å². The Hall–Kier alpha value is -1.57. The van der Waals surface area contributed by atoms with Crippen LogP contribution in [0.4, 0.5) is 4.39 Å². The third-order valence-corrected chi connectivity index (χ3v) is 11.4. The van der Waals surface area contributed by atoms with E-state index in [2.05, 4.69) is 45.0 Å². The Morgan fingerprint density at radius 2 is 1.47 bits per heavy atom. The molecule has 164 valence electrons. The summed E-state index contributed by atoms with van der Waals surface area (Å²) in [5.41, 5.74) is -3.81. The maximum absolute atomic E-state index is 15.3. The van der Waals surface area contributed by atoms with Crippen LogP contribution in [0.3, 0.4) is 0 Å². The van der Waals surface area contributed by atoms with Gasteiger partial charge in [0.1, 0.15) is 11.7 Å². The molecule has 0 amide bonds. The lowest BCUT2D eigenvalue weighted by Crippen LogP contribution is -2.67. The second kappa shape index (κ2) is 8.17. The molecule has 2 aromatic carbocycles. The number of aliphatic hydroxyl groups is 1. The topological polar surface area (TPSA) is 47.9 Å². The number of methoxy groups -OCH3 is 1. The molecule has 1 saturated heterocycles. The lowest BCUT2D eigenvalue weighted by Gasteiger charge is -2.44. The number of benzene rings is 2. The second-order valence-electron chi connectivity index (χ2n) is 9.39. The molecule has 4 atom stereocenters. The van der Waals surface area contributed by atoms with Crippen LogP contribution < -0.4 is 10.4 Å². The second-order valence-corrected chi connectivity index (χ2v) is 13.7. The molecule has 0 spiro atoms. The Morgan fingerprint density at radius 1 is 1.00 bits per heavy atom. The molecule has 6 heteroatoms. The fourth-order valence-corrected chi connectivity index (χ4v) is 8.96. The van der Waals surface area contributed by atoms with E-state index in [-0.39, 0.29) is 11.6 Å². The van der Waals surface area contributed by atoms with E-state index in [1.807, 2.05) is 36.4 Å². The van der Waals surface area contributed by atoms with Crippen molar-refractivity contribution in [2.75, 3.05) is 13.7 Å². The molecule has 2 aromatic rings. The molecule has 30 heavy (non-hydrogen) atoms. The predicted octanol–water partition coefficient (Wildman–Crippen LogP) is 3.41. The van der Waals surface area contributed by atoms with Crippen molar-refractivity contribution in [2.24, 2.45) is 0 Å². The quantitative estimate of drug-likeness (QED) is 0.711. The van der Waals surface area contributed by atoms with Gasteiger partial charge in [0.2, 0.25) is 0 Å². The molecule has 0 radical (unpaired) electrons. The Morgan fingerprint density at radius 3 is 1.83 bits per heavy atom. The first kappa shape index (κ1) is 23.1. The maximum Gasteiger partial charge on any atom is 0.261 e. The van der Waals surface area contributed by atoms with Crippen molar-refractivity contribution in [3.63, 3.8) is 0 Å². The molecule has 3 rings (SSSR count). The average molecular weight is 433 g/mol. The summed E-state index contributed by atoms with van der Waals surface area (Å²) in [6.07, 6.45) is -2.01. The highest BCUT2D eigenvalue weighted by Crippen LogP contribution is 2.44. The molecule has 0 saturated carbocycles. The lowest BCUT2D eigenvalue weighted by molar-refractivity contribution is -0.165. The molecule has 0 aromatic heterocycles. The van der Waals surface area contributed by atoms with Crippen LogP contribution in [0.1, 0.15) is 34.6 Å². The molecule has 0 aliphatic carbocycles. The van der Waals surface area contributed by atoms with Crippen molar-refractivity contribution in [2.45, 2.75) is 63.3 Å². The molecular formula is C24H33FO4Si. The van der Waals surface area contributed by atoms with Crippen molar-refractivity contribution < 1.29 is 23.4 Å². The zero-order valence-corrected chi connectivity index (χ0v) is 19.7. The van der Waals surface area contributed by atoms with Crippen molar-refractivity contribution in [3.8, 4) is 0 Å². The summed E-state index contributed by atoms with van der Waals surface area (Å²) in [7, 11) is -1.43. The van der Waals surface area contributed by atoms with Gasteiger partial charge in [0.25, 0.3) is 8.32 Å². The summed E-state index contributed by atoms with van der Waals surface area (Å²) in [6, 6.07) is 20.4. The predicted molar refractivity (Wildman–Crippen MR) is 119 cm³/mol. The zero-order valence-electron chi connectivity index (χ0n) is 18.7. The first-order valence-electron chi connectivity index (χ1n) is 10.3. The SMILES string of the molecule is COC1O[C@H](CO[Si](c2ccccc2)(c2ccccc2)C(C)(C)C)C(C)(O)[C@@]1(C)F. The third kappa shape index (κ3) is 3.65. The van der Waals surface area contributed by atoms with Gasteiger partial charge in [0, 0.05) is 7.11 Å². The van der Waals surface area contributed by atoms with Gasteiger partial charge >= 0.3 is 0 Å². The highest BCUT2D eigenvalue weighted by molar-refractivity contribution is 6.99. The summed E-state index contributed by atoms with van der Waals surface area (Å²) in [5.74, 6) is 0. The Bertz CT molecular complexity index is 794. The molecular weight excluding hydrogens is 399 g/mol. The minimum Gasteiger partial charge on any atom is -0.405 e. The van der Waals surface area contributed by atoms with Gasteiger partial charge in [0.15, 0.2) is 12.0 Å². The smallest absolute Gasteiger partial charge is 0.261 e. The number of rotatable bonds is 6. The normalized spacial score (nSPS) is 29.9. The van der Waals surface area contributed by atoms with Crippen molar-refractivity contribution in [1.82, 2.24) is 0 Å². The van der Waals surface area contributed by atoms with Crippen molar-refractivity contribution >= 4 is 18.7 Å². The van der Waals surface area contributed by atoms with Gasteiger partial charge in [-0.3, -0.25) is 0 Å². The standard InChI is InChI=1S/C24H33FO4Si/c1-22(2,3)30(18-13-9-7-10-14-18,19-15-11-8-12-16-19)28-17-20-24(5,26)23(4,25)21(27-6)29-20/h7-16,20-21,26H,17H2,1-6H3/t20-,21?,23+,24?/m1/s1. The minimum atomic E-state index is -2.81. The summed E-state index contributed by atoms with van der Waals surface area (Å²) in [5, 5.41) is 13.0. The van der Waals surface area contributed by atoms with Crippen molar-refractivity contribution in [3.05, 3.63) is 60.7 Å². The largest absolute Gasteiger partial charge is 0.405 e. The molecule has 1 aliphatic heterocycles. The Labute approximate surface area is 180 Å². The molecule has 2 unspecified atom stereocenters. The summed E-state index contributed by atoms with van der Waals surface area (Å²) in [6.45, 7) is 9.33. The Kier molecular flexibility index (Phi) is 6.29. The fourth-order valence-electron chi connectivity index (χ4n) is 4.40. The summed E-state index contributed by atoms with van der Waals surface area (Å²) < 4.78 is 33.0. The first-order chi connectivity index (χ1) is 14.0. The van der Waals surface area contributed by atoms with Crippen LogP contribution >= 0.6 is 0 Å². The van der Waals surface area contributed by atoms with Crippen LogP contribution in [-0.4, -0.2) is 50.8 Å². The van der Waals surface area contributed by atoms with Gasteiger partial charge in [-0.25, -0.2) is 4.39 Å². The van der Waals surface area contributed by atoms with Gasteiger partial charge in [-0.15, -0.1) is 0 Å². The number of hydrogen-bond donors (Lipinski definition) is 1. The molecule has 1 fully saturated rings. The van der Waals surface area contributed by atoms with Gasteiger partial charge in [-0.2, -0.15) is 0 Å². The van der Waals surface area contributed by atoms with Gasteiger partial charge in [-0.1, -0.05) is 81.4 Å². The highest BCUT2D eigenvalue weighted by atomic mass is 28.4. The molecule has 1 heterocycles. The molecule has 4 nitrogen and oxygen atoms in total. The number of halogens is 1. The van der Waals surface area contributed by atoms with Crippen LogP contribution in [0.5, 0.6) is 0 Å². The average Bonchev–Trinajstić information content (AvgIpc) is 2.87. The van der Waals surface area contributed by atoms with Gasteiger partial charge in [-0.05, 0) is 29.3 Å². The number of alkyl halides is 1. The highest BCUT2D eigenvalue weighted by Gasteiger charge is 2.63. The molecule has 1 aliphatic rings. The van der Waals surface area contributed by atoms with Gasteiger partial charge in [0.05, 0.1) is 6.61 Å². The van der Waals surface area contributed by atoms with Crippen LogP contribution in [-0.2, 0) is 13.9 Å². The fraction of sp³-hybridized carbons (Fsp3) is 0.500. The van der Waals surface area contributed by atoms with E-state index < -0.39 is 32.0 Å². The van der Waals surface area contributed by atoms with E-state index in [1.54, 1.807) is 0 Å². The molecule has 1 N–H and O–H groups in total. The van der Waals surface area contributed by atoms with Crippen LogP contribution in [0.15, 0.2) is 60.7 Å². The lowest BCUT2D eigenvalue weighted by atomic mass is 9.85. The summed E-state index contributed by atoms with van der Waals surface area (Å²) in [4.78, 5) is 0. The van der Waals surface area contributed by atoms with E-state index in [4.69, 9.17) is 13.9 Å². The maximum atomic E-state index is 15.3. The number of hydrogen-bond acceptors (Lipinski definition) is 4. The van der Waals surface area contributed by atoms with Crippen LogP contribution in [0.25, 0.3) is 0 Å². The zero-order chi connectivity index (χ0) is 22.2. The third-order valence-electron chi connectivity index (χ3n) is 6.43. The van der Waals surface area contributed by atoms with E-state index in [9.17, 15) is 5.11 Å². The van der Waals surface area contributed by atoms with Crippen LogP contribution in [0.2, 0.25) is 5.04 Å². The molecule has 0 bridgehead atoms. The Balaban J connectivity index is 2.05. The van der Waals surface area contributed by atoms with Gasteiger partial charge < -0.3 is 19.0 Å². The minimum absolute atomic E-state index is 0.0552. The first-order valence-corrected chi connectivity index (χ1v) is 12.2. The number of ether oxygens (including phenoxy) is 2. The summed E-state index contributed by atoms with van der Waals surface area (Å²) >= 11 is 0. The van der Waals surface area contributed by atoms with E-state index in [0.717, 1.165) is 10.4 Å². The monoisotopic (exact) mass is 432 g/mol.